The van der Waals surface area contributed by atoms with Crippen LogP contribution in [0, 0.1) is 0 Å². The Morgan fingerprint density at radius 1 is 1.06 bits per heavy atom. The molecular weight excluding hydrogens is 430 g/mol. The maximum absolute atomic E-state index is 12.9. The third-order valence-corrected chi connectivity index (χ3v) is 5.69. The van der Waals surface area contributed by atoms with Crippen LogP contribution in [-0.2, 0) is 25.6 Å². The van der Waals surface area contributed by atoms with Crippen LogP contribution in [0.3, 0.4) is 0 Å². The van der Waals surface area contributed by atoms with E-state index in [9.17, 15) is 24.3 Å². The molecule has 0 spiro atoms. The molecular formula is C23H23N3O7. The van der Waals surface area contributed by atoms with E-state index < -0.39 is 41.9 Å². The zero-order valence-corrected chi connectivity index (χ0v) is 17.8. The number of hydrogen-bond donors (Lipinski definition) is 2. The van der Waals surface area contributed by atoms with Crippen molar-refractivity contribution in [2.75, 3.05) is 20.3 Å². The molecule has 172 valence electrons. The molecule has 0 radical (unpaired) electrons. The Bertz CT molecular complexity index is 1060. The molecule has 2 aromatic rings. The Kier molecular flexibility index (Phi) is 6.16. The van der Waals surface area contributed by atoms with Crippen molar-refractivity contribution in [3.63, 3.8) is 0 Å². The molecule has 0 aromatic heterocycles. The number of carboxylic acid groups (broad SMARTS) is 1. The van der Waals surface area contributed by atoms with Crippen LogP contribution in [0.4, 0.5) is 0 Å². The molecule has 0 saturated carbocycles. The van der Waals surface area contributed by atoms with Crippen LogP contribution in [-0.4, -0.2) is 77.1 Å². The Labute approximate surface area is 189 Å². The lowest BCUT2D eigenvalue weighted by Crippen LogP contribution is -2.71. The average molecular weight is 453 g/mol. The van der Waals surface area contributed by atoms with Crippen molar-refractivity contribution < 1.29 is 33.8 Å². The lowest BCUT2D eigenvalue weighted by atomic mass is 9.96. The van der Waals surface area contributed by atoms with Crippen molar-refractivity contribution in [3.8, 4) is 11.5 Å². The summed E-state index contributed by atoms with van der Waals surface area (Å²) in [6.45, 7) is -0.273. The average Bonchev–Trinajstić information content (AvgIpc) is 3.19. The molecule has 2 aromatic carbocycles. The van der Waals surface area contributed by atoms with Crippen LogP contribution >= 0.6 is 0 Å². The molecule has 2 aliphatic heterocycles. The van der Waals surface area contributed by atoms with Gasteiger partial charge in [-0.05, 0) is 29.8 Å². The minimum absolute atomic E-state index is 0.0161. The van der Waals surface area contributed by atoms with Gasteiger partial charge in [0.25, 0.3) is 5.91 Å². The van der Waals surface area contributed by atoms with Crippen LogP contribution in [0.2, 0.25) is 0 Å². The normalized spacial score (nSPS) is 21.1. The predicted molar refractivity (Wildman–Crippen MR) is 114 cm³/mol. The zero-order valence-electron chi connectivity index (χ0n) is 17.8. The van der Waals surface area contributed by atoms with Gasteiger partial charge >= 0.3 is 5.97 Å². The fourth-order valence-electron chi connectivity index (χ4n) is 4.06. The molecule has 4 rings (SSSR count). The first-order valence-corrected chi connectivity index (χ1v) is 10.3. The Balaban J connectivity index is 1.39. The molecule has 0 bridgehead atoms. The van der Waals surface area contributed by atoms with Crippen molar-refractivity contribution in [2.45, 2.75) is 24.7 Å². The lowest BCUT2D eigenvalue weighted by molar-refractivity contribution is -0.166. The second-order valence-electron chi connectivity index (χ2n) is 7.74. The Hall–Kier alpha value is -4.08. The van der Waals surface area contributed by atoms with E-state index in [1.165, 1.54) is 12.0 Å². The first kappa shape index (κ1) is 22.1. The van der Waals surface area contributed by atoms with Crippen molar-refractivity contribution in [3.05, 3.63) is 60.2 Å². The molecule has 2 aliphatic rings. The highest BCUT2D eigenvalue weighted by molar-refractivity contribution is 5.99. The third kappa shape index (κ3) is 4.45. The summed E-state index contributed by atoms with van der Waals surface area (Å²) < 4.78 is 10.5. The summed E-state index contributed by atoms with van der Waals surface area (Å²) in [5.41, 5.74) is 0.688. The number of amides is 3. The summed E-state index contributed by atoms with van der Waals surface area (Å²) in [4.78, 5) is 51.9. The Morgan fingerprint density at radius 3 is 2.39 bits per heavy atom. The summed E-state index contributed by atoms with van der Waals surface area (Å²) in [7, 11) is 1.53. The van der Waals surface area contributed by atoms with E-state index in [4.69, 9.17) is 9.47 Å². The largest absolute Gasteiger partial charge is 0.497 e. The number of aliphatic carboxylic acids is 1. The highest BCUT2D eigenvalue weighted by atomic mass is 16.5. The highest BCUT2D eigenvalue weighted by Gasteiger charge is 2.60. The van der Waals surface area contributed by atoms with Gasteiger partial charge in [-0.1, -0.05) is 30.3 Å². The van der Waals surface area contributed by atoms with Gasteiger partial charge in [-0.15, -0.1) is 0 Å². The minimum atomic E-state index is -1.40. The van der Waals surface area contributed by atoms with E-state index in [0.29, 0.717) is 17.1 Å². The summed E-state index contributed by atoms with van der Waals surface area (Å²) in [5, 5.41) is 12.3. The summed E-state index contributed by atoms with van der Waals surface area (Å²) in [6, 6.07) is 14.1. The molecule has 2 saturated heterocycles. The molecule has 33 heavy (non-hydrogen) atoms. The van der Waals surface area contributed by atoms with Crippen molar-refractivity contribution >= 4 is 23.7 Å². The van der Waals surface area contributed by atoms with Crippen LogP contribution in [0.1, 0.15) is 5.56 Å². The quantitative estimate of drug-likeness (QED) is 0.550. The van der Waals surface area contributed by atoms with Crippen LogP contribution in [0.15, 0.2) is 54.6 Å². The number of fused-ring (bicyclic) bond motifs is 1. The molecule has 2 unspecified atom stereocenters. The fourth-order valence-corrected chi connectivity index (χ4v) is 4.06. The molecule has 2 N–H and O–H groups in total. The Morgan fingerprint density at radius 2 is 1.76 bits per heavy atom. The van der Waals surface area contributed by atoms with Crippen molar-refractivity contribution in [2.24, 2.45) is 0 Å². The smallest absolute Gasteiger partial charge is 0.347 e. The number of methoxy groups -OCH3 is 1. The lowest BCUT2D eigenvalue weighted by Gasteiger charge is -2.43. The van der Waals surface area contributed by atoms with Gasteiger partial charge in [-0.3, -0.25) is 14.4 Å². The number of nitrogens with zero attached hydrogens (tertiary/aromatic N) is 2. The summed E-state index contributed by atoms with van der Waals surface area (Å²) in [5.74, 6) is -1.62. The van der Waals surface area contributed by atoms with E-state index in [2.05, 4.69) is 5.32 Å². The number of carboxylic acids is 1. The van der Waals surface area contributed by atoms with Gasteiger partial charge in [0.05, 0.1) is 19.6 Å². The maximum Gasteiger partial charge on any atom is 0.347 e. The number of para-hydroxylation sites is 1. The molecule has 3 amide bonds. The molecule has 0 aliphatic carbocycles. The van der Waals surface area contributed by atoms with Gasteiger partial charge in [0.15, 0.2) is 6.61 Å². The van der Waals surface area contributed by atoms with Crippen LogP contribution in [0.25, 0.3) is 0 Å². The molecule has 10 nitrogen and oxygen atoms in total. The topological polar surface area (TPSA) is 125 Å². The summed E-state index contributed by atoms with van der Waals surface area (Å²) in [6.07, 6.45) is -1.42. The van der Waals surface area contributed by atoms with Crippen molar-refractivity contribution in [1.29, 1.82) is 0 Å². The predicted octanol–water partition coefficient (Wildman–Crippen LogP) is 0.265. The van der Waals surface area contributed by atoms with Gasteiger partial charge in [0.2, 0.25) is 18.0 Å². The molecule has 2 fully saturated rings. The fraction of sp³-hybridized carbons (Fsp3) is 0.304. The zero-order chi connectivity index (χ0) is 23.5. The third-order valence-electron chi connectivity index (χ3n) is 5.69. The second kappa shape index (κ2) is 9.19. The van der Waals surface area contributed by atoms with E-state index in [1.807, 2.05) is 6.07 Å². The van der Waals surface area contributed by atoms with Crippen LogP contribution < -0.4 is 14.8 Å². The second-order valence-corrected chi connectivity index (χ2v) is 7.74. The molecule has 3 atom stereocenters. The SMILES string of the molecule is COc1ccc(CC(=O)N2CC3[C@H](NC(=O)COc4ccccc4)C(=O)N3C2C(=O)O)cc1. The number of β-lactam (4-membered cyclic amide) rings is 1. The number of benzene rings is 2. The van der Waals surface area contributed by atoms with Gasteiger partial charge < -0.3 is 29.7 Å². The monoisotopic (exact) mass is 453 g/mol. The van der Waals surface area contributed by atoms with Gasteiger partial charge in [-0.25, -0.2) is 4.79 Å². The van der Waals surface area contributed by atoms with Gasteiger partial charge in [0, 0.05) is 6.54 Å². The number of ether oxygens (including phenoxy) is 2. The van der Waals surface area contributed by atoms with E-state index in [-0.39, 0.29) is 19.6 Å². The van der Waals surface area contributed by atoms with E-state index >= 15 is 0 Å². The first-order valence-electron chi connectivity index (χ1n) is 10.3. The number of rotatable bonds is 8. The van der Waals surface area contributed by atoms with Gasteiger partial charge in [0.1, 0.15) is 17.5 Å². The van der Waals surface area contributed by atoms with Crippen LogP contribution in [0.5, 0.6) is 11.5 Å². The first-order chi connectivity index (χ1) is 15.9. The maximum atomic E-state index is 12.9. The summed E-state index contributed by atoms with van der Waals surface area (Å²) >= 11 is 0. The molecule has 10 heteroatoms. The van der Waals surface area contributed by atoms with E-state index in [0.717, 1.165) is 4.90 Å². The van der Waals surface area contributed by atoms with Gasteiger partial charge in [-0.2, -0.15) is 0 Å². The highest BCUT2D eigenvalue weighted by Crippen LogP contribution is 2.33. The van der Waals surface area contributed by atoms with Crippen molar-refractivity contribution in [1.82, 2.24) is 15.1 Å². The standard InChI is InChI=1S/C23H23N3O7/c1-32-15-9-7-14(8-10-15)11-19(28)25-12-17-20(22(29)26(17)21(25)23(30)31)24-18(27)13-33-16-5-3-2-4-6-16/h2-10,17,20-21H,11-13H2,1H3,(H,24,27)(H,30,31)/t17?,20-,21?/m0/s1. The number of nitrogens with one attached hydrogen (secondary N) is 1. The molecule has 2 heterocycles. The minimum Gasteiger partial charge on any atom is -0.497 e. The number of carbonyl (C=O) groups excluding carboxylic acids is 3. The number of hydrogen-bond acceptors (Lipinski definition) is 6. The number of carbonyl (C=O) groups is 4. The van der Waals surface area contributed by atoms with E-state index in [1.54, 1.807) is 48.5 Å².